The van der Waals surface area contributed by atoms with Crippen molar-refractivity contribution in [1.82, 2.24) is 14.8 Å². The maximum atomic E-state index is 13.9. The molecule has 0 atom stereocenters. The van der Waals surface area contributed by atoms with Gasteiger partial charge in [-0.15, -0.1) is 0 Å². The molecular formula is C14H13BrFN3O. The van der Waals surface area contributed by atoms with Gasteiger partial charge in [0.1, 0.15) is 10.3 Å². The van der Waals surface area contributed by atoms with Crippen LogP contribution in [-0.4, -0.2) is 21.1 Å². The van der Waals surface area contributed by atoms with Gasteiger partial charge >= 0.3 is 0 Å². The zero-order chi connectivity index (χ0) is 14.1. The Hall–Kier alpha value is -1.56. The van der Waals surface area contributed by atoms with E-state index in [0.29, 0.717) is 27.5 Å². The number of rotatable bonds is 3. The predicted octanol–water partition coefficient (Wildman–Crippen LogP) is 3.77. The summed E-state index contributed by atoms with van der Waals surface area (Å²) >= 11 is 3.21. The number of nitrogens with zero attached hydrogens (tertiary/aromatic N) is 3. The predicted molar refractivity (Wildman–Crippen MR) is 76.0 cm³/mol. The molecule has 0 aromatic carbocycles. The van der Waals surface area contributed by atoms with Crippen LogP contribution in [0.2, 0.25) is 0 Å². The van der Waals surface area contributed by atoms with Crippen LogP contribution in [0.25, 0.3) is 11.3 Å². The van der Waals surface area contributed by atoms with E-state index in [2.05, 4.69) is 26.0 Å². The molecule has 1 aliphatic carbocycles. The van der Waals surface area contributed by atoms with Gasteiger partial charge in [-0.25, -0.2) is 9.37 Å². The van der Waals surface area contributed by atoms with Crippen molar-refractivity contribution >= 4 is 22.2 Å². The first-order chi connectivity index (χ1) is 9.69. The van der Waals surface area contributed by atoms with Gasteiger partial charge < -0.3 is 0 Å². The summed E-state index contributed by atoms with van der Waals surface area (Å²) in [5, 5.41) is 4.43. The highest BCUT2D eigenvalue weighted by atomic mass is 79.9. The van der Waals surface area contributed by atoms with Crippen molar-refractivity contribution in [3.8, 4) is 11.3 Å². The van der Waals surface area contributed by atoms with Crippen molar-refractivity contribution in [2.45, 2.75) is 31.7 Å². The molecule has 0 aliphatic heterocycles. The molecule has 0 saturated heterocycles. The molecule has 4 nitrogen and oxygen atoms in total. The van der Waals surface area contributed by atoms with E-state index >= 15 is 0 Å². The summed E-state index contributed by atoms with van der Waals surface area (Å²) in [5.74, 6) is -0.479. The Morgan fingerprint density at radius 3 is 2.85 bits per heavy atom. The smallest absolute Gasteiger partial charge is 0.153 e. The molecule has 1 fully saturated rings. The number of pyridine rings is 1. The van der Waals surface area contributed by atoms with Gasteiger partial charge in [0.05, 0.1) is 17.8 Å². The second-order valence-electron chi connectivity index (χ2n) is 4.96. The minimum absolute atomic E-state index is 0.297. The molecule has 0 N–H and O–H groups in total. The van der Waals surface area contributed by atoms with Crippen LogP contribution >= 0.6 is 15.9 Å². The minimum Gasteiger partial charge on any atom is -0.298 e. The summed E-state index contributed by atoms with van der Waals surface area (Å²) in [4.78, 5) is 15.0. The van der Waals surface area contributed by atoms with Gasteiger partial charge in [0, 0.05) is 11.8 Å². The van der Waals surface area contributed by atoms with E-state index in [4.69, 9.17) is 0 Å². The standard InChI is InChI=1S/C14H13BrFN3O/c15-13-5-11(12(16)6-17-13)14-9(8-20)7-19(18-14)10-3-1-2-4-10/h5-8,10H,1-4H2. The van der Waals surface area contributed by atoms with Gasteiger partial charge in [0.25, 0.3) is 0 Å². The van der Waals surface area contributed by atoms with Gasteiger partial charge in [0.2, 0.25) is 0 Å². The first kappa shape index (κ1) is 13.4. The molecule has 20 heavy (non-hydrogen) atoms. The quantitative estimate of drug-likeness (QED) is 0.632. The Bertz CT molecular complexity index is 650. The molecule has 0 unspecified atom stereocenters. The van der Waals surface area contributed by atoms with E-state index in [9.17, 15) is 9.18 Å². The second-order valence-corrected chi connectivity index (χ2v) is 5.77. The average Bonchev–Trinajstić information content (AvgIpc) is 3.09. The number of halogens is 2. The zero-order valence-electron chi connectivity index (χ0n) is 10.7. The van der Waals surface area contributed by atoms with Crippen LogP contribution in [0.15, 0.2) is 23.1 Å². The summed E-state index contributed by atoms with van der Waals surface area (Å²) in [6, 6.07) is 1.86. The SMILES string of the molecule is O=Cc1cn(C2CCCC2)nc1-c1cc(Br)ncc1F. The lowest BCUT2D eigenvalue weighted by molar-refractivity contribution is 0.112. The fourth-order valence-corrected chi connectivity index (χ4v) is 2.98. The van der Waals surface area contributed by atoms with E-state index in [-0.39, 0.29) is 0 Å². The highest BCUT2D eigenvalue weighted by molar-refractivity contribution is 9.10. The summed E-state index contributed by atoms with van der Waals surface area (Å²) in [7, 11) is 0. The van der Waals surface area contributed by atoms with Crippen LogP contribution in [0.5, 0.6) is 0 Å². The number of carbonyl (C=O) groups is 1. The Balaban J connectivity index is 2.07. The molecule has 0 amide bonds. The highest BCUT2D eigenvalue weighted by Gasteiger charge is 2.21. The van der Waals surface area contributed by atoms with Crippen molar-refractivity contribution in [1.29, 1.82) is 0 Å². The molecule has 104 valence electrons. The Morgan fingerprint density at radius 2 is 2.15 bits per heavy atom. The zero-order valence-corrected chi connectivity index (χ0v) is 12.3. The first-order valence-corrected chi connectivity index (χ1v) is 7.34. The fraction of sp³-hybridized carbons (Fsp3) is 0.357. The third kappa shape index (κ3) is 2.40. The lowest BCUT2D eigenvalue weighted by atomic mass is 10.1. The van der Waals surface area contributed by atoms with E-state index in [1.165, 1.54) is 12.8 Å². The lowest BCUT2D eigenvalue weighted by Crippen LogP contribution is -2.05. The lowest BCUT2D eigenvalue weighted by Gasteiger charge is -2.08. The van der Waals surface area contributed by atoms with Crippen molar-refractivity contribution in [2.75, 3.05) is 0 Å². The Labute approximate surface area is 124 Å². The molecule has 1 saturated carbocycles. The van der Waals surface area contributed by atoms with Crippen molar-refractivity contribution in [3.05, 3.63) is 34.4 Å². The molecule has 2 aromatic rings. The van der Waals surface area contributed by atoms with Crippen LogP contribution in [0, 0.1) is 5.82 Å². The molecule has 0 bridgehead atoms. The van der Waals surface area contributed by atoms with Gasteiger partial charge in [-0.3, -0.25) is 9.48 Å². The summed E-state index contributed by atoms with van der Waals surface area (Å²) in [5.41, 5.74) is 1.09. The molecule has 0 spiro atoms. The van der Waals surface area contributed by atoms with E-state index in [1.54, 1.807) is 16.9 Å². The maximum absolute atomic E-state index is 13.9. The normalized spacial score (nSPS) is 15.7. The summed E-state index contributed by atoms with van der Waals surface area (Å²) < 4.78 is 16.2. The Kier molecular flexibility index (Phi) is 3.65. The van der Waals surface area contributed by atoms with Crippen LogP contribution in [0.1, 0.15) is 42.1 Å². The average molecular weight is 338 g/mol. The van der Waals surface area contributed by atoms with Gasteiger partial charge in [-0.1, -0.05) is 12.8 Å². The molecule has 1 aliphatic rings. The van der Waals surface area contributed by atoms with Gasteiger partial charge in [-0.2, -0.15) is 5.10 Å². The molecule has 6 heteroatoms. The molecule has 3 rings (SSSR count). The minimum atomic E-state index is -0.479. The maximum Gasteiger partial charge on any atom is 0.153 e. The number of hydrogen-bond donors (Lipinski definition) is 0. The van der Waals surface area contributed by atoms with E-state index in [1.807, 2.05) is 0 Å². The van der Waals surface area contributed by atoms with Crippen LogP contribution in [0.4, 0.5) is 4.39 Å². The third-order valence-corrected chi connectivity index (χ3v) is 4.10. The van der Waals surface area contributed by atoms with E-state index in [0.717, 1.165) is 25.3 Å². The van der Waals surface area contributed by atoms with Gasteiger partial charge in [-0.05, 0) is 34.8 Å². The van der Waals surface area contributed by atoms with Crippen LogP contribution in [-0.2, 0) is 0 Å². The number of hydrogen-bond acceptors (Lipinski definition) is 3. The van der Waals surface area contributed by atoms with Crippen LogP contribution in [0.3, 0.4) is 0 Å². The van der Waals surface area contributed by atoms with Crippen molar-refractivity contribution in [2.24, 2.45) is 0 Å². The monoisotopic (exact) mass is 337 g/mol. The fourth-order valence-electron chi connectivity index (χ4n) is 2.65. The first-order valence-electron chi connectivity index (χ1n) is 6.55. The largest absolute Gasteiger partial charge is 0.298 e. The molecule has 0 radical (unpaired) electrons. The topological polar surface area (TPSA) is 47.8 Å². The molecule has 2 aromatic heterocycles. The molecule has 2 heterocycles. The summed E-state index contributed by atoms with van der Waals surface area (Å²) in [6.45, 7) is 0. The van der Waals surface area contributed by atoms with Crippen molar-refractivity contribution in [3.63, 3.8) is 0 Å². The second kappa shape index (κ2) is 5.44. The van der Waals surface area contributed by atoms with Gasteiger partial charge in [0.15, 0.2) is 12.1 Å². The number of carbonyl (C=O) groups excluding carboxylic acids is 1. The Morgan fingerprint density at radius 1 is 1.40 bits per heavy atom. The van der Waals surface area contributed by atoms with Crippen molar-refractivity contribution < 1.29 is 9.18 Å². The summed E-state index contributed by atoms with van der Waals surface area (Å²) in [6.07, 6.45) is 8.02. The van der Waals surface area contributed by atoms with E-state index < -0.39 is 5.82 Å². The third-order valence-electron chi connectivity index (χ3n) is 3.66. The highest BCUT2D eigenvalue weighted by Crippen LogP contribution is 2.32. The van der Waals surface area contributed by atoms with Crippen LogP contribution < -0.4 is 0 Å². The number of aldehydes is 1. The number of aromatic nitrogens is 3. The molecular weight excluding hydrogens is 325 g/mol.